The molecule has 0 spiro atoms. The van der Waals surface area contributed by atoms with Crippen LogP contribution in [0.15, 0.2) is 53.2 Å². The first kappa shape index (κ1) is 17.6. The van der Waals surface area contributed by atoms with Gasteiger partial charge in [0.1, 0.15) is 35.8 Å². The normalized spacial score (nSPS) is 26.2. The van der Waals surface area contributed by atoms with Gasteiger partial charge in [-0.15, -0.1) is 0 Å². The molecule has 10 heteroatoms. The number of amides is 2. The zero-order valence-electron chi connectivity index (χ0n) is 14.8. The number of nitrogens with zero attached hydrogens (tertiary/aromatic N) is 4. The van der Waals surface area contributed by atoms with E-state index in [2.05, 4.69) is 26.9 Å². The van der Waals surface area contributed by atoms with Crippen LogP contribution in [0.25, 0.3) is 10.4 Å². The van der Waals surface area contributed by atoms with Crippen molar-refractivity contribution in [3.8, 4) is 5.75 Å². The lowest BCUT2D eigenvalue weighted by Gasteiger charge is -2.19. The molecule has 2 amide bonds. The Morgan fingerprint density at radius 1 is 1.57 bits per heavy atom. The number of pyridine rings is 1. The number of allylic oxidation sites excluding steroid dienone is 4. The van der Waals surface area contributed by atoms with Crippen molar-refractivity contribution in [3.05, 3.63) is 64.1 Å². The van der Waals surface area contributed by atoms with Gasteiger partial charge in [-0.05, 0) is 41.4 Å². The average molecular weight is 381 g/mol. The second-order valence-corrected chi connectivity index (χ2v) is 6.43. The smallest absolute Gasteiger partial charge is 0.413 e. The number of aromatic nitrogens is 1. The first-order valence-electron chi connectivity index (χ1n) is 8.42. The van der Waals surface area contributed by atoms with Gasteiger partial charge in [-0.2, -0.15) is 0 Å². The topological polar surface area (TPSA) is 136 Å². The summed E-state index contributed by atoms with van der Waals surface area (Å²) in [5.41, 5.74) is 9.69. The van der Waals surface area contributed by atoms with Gasteiger partial charge in [0.15, 0.2) is 0 Å². The molecule has 0 aromatic carbocycles. The van der Waals surface area contributed by atoms with Gasteiger partial charge in [0.2, 0.25) is 5.91 Å². The highest BCUT2D eigenvalue weighted by atomic mass is 16.6. The summed E-state index contributed by atoms with van der Waals surface area (Å²) in [5.74, 6) is 0.943. The van der Waals surface area contributed by atoms with Crippen LogP contribution in [0.3, 0.4) is 0 Å². The van der Waals surface area contributed by atoms with Crippen molar-refractivity contribution in [2.24, 2.45) is 17.0 Å². The number of anilines is 1. The lowest BCUT2D eigenvalue weighted by molar-refractivity contribution is -0.120. The molecular weight excluding hydrogens is 366 g/mol. The predicted molar refractivity (Wildman–Crippen MR) is 95.7 cm³/mol. The van der Waals surface area contributed by atoms with E-state index in [-0.39, 0.29) is 18.6 Å². The van der Waals surface area contributed by atoms with Crippen LogP contribution in [-0.2, 0) is 20.9 Å². The van der Waals surface area contributed by atoms with Gasteiger partial charge in [-0.3, -0.25) is 10.1 Å². The van der Waals surface area contributed by atoms with E-state index in [0.717, 1.165) is 0 Å². The zero-order chi connectivity index (χ0) is 19.8. The quantitative estimate of drug-likeness (QED) is 0.368. The summed E-state index contributed by atoms with van der Waals surface area (Å²) in [6.45, 7) is 5.80. The molecular formula is C18H15N5O5. The summed E-state index contributed by atoms with van der Waals surface area (Å²) >= 11 is 0. The number of ether oxygens (including phenoxy) is 3. The minimum absolute atomic E-state index is 0.0720. The summed E-state index contributed by atoms with van der Waals surface area (Å²) in [5, 5.41) is 5.63. The molecule has 142 valence electrons. The Bertz CT molecular complexity index is 1010. The summed E-state index contributed by atoms with van der Waals surface area (Å²) in [6, 6.07) is 1.68. The van der Waals surface area contributed by atoms with E-state index in [4.69, 9.17) is 19.7 Å². The van der Waals surface area contributed by atoms with Crippen molar-refractivity contribution >= 4 is 17.8 Å². The molecule has 4 rings (SSSR count). The molecule has 1 saturated heterocycles. The Hall–Kier alpha value is -3.78. The Kier molecular flexibility index (Phi) is 4.25. The monoisotopic (exact) mass is 381 g/mol. The molecule has 3 atom stereocenters. The van der Waals surface area contributed by atoms with Gasteiger partial charge in [-0.25, -0.2) is 9.78 Å². The van der Waals surface area contributed by atoms with Gasteiger partial charge >= 0.3 is 6.09 Å². The highest BCUT2D eigenvalue weighted by molar-refractivity contribution is 5.86. The highest BCUT2D eigenvalue weighted by Crippen LogP contribution is 2.56. The van der Waals surface area contributed by atoms with Gasteiger partial charge in [0.05, 0.1) is 11.5 Å². The summed E-state index contributed by atoms with van der Waals surface area (Å²) in [6.07, 6.45) is 4.08. The number of rotatable bonds is 4. The number of nitrogens with one attached hydrogen (secondary N) is 1. The summed E-state index contributed by atoms with van der Waals surface area (Å²) in [7, 11) is 0. The van der Waals surface area contributed by atoms with E-state index >= 15 is 0 Å². The van der Waals surface area contributed by atoms with Crippen molar-refractivity contribution in [1.29, 1.82) is 0 Å². The molecule has 1 aliphatic carbocycles. The summed E-state index contributed by atoms with van der Waals surface area (Å²) in [4.78, 5) is 29.5. The van der Waals surface area contributed by atoms with Crippen molar-refractivity contribution in [1.82, 2.24) is 4.98 Å². The second-order valence-electron chi connectivity index (χ2n) is 6.43. The standard InChI is InChI=1S/C18H15N5O5/c1-8(27-12-5-6-20-16-10(12)7-26-18(25)21-16)3-4-11-9(2)13-14(15(13)28-11)17(24)22-23-19/h3-6,13-15H,2,7H2,1H3,(H,20,21,25)/b8-3+,11-4+/t13-,14-,15-/m0/s1. The number of hydrogen-bond donors (Lipinski definition) is 1. The van der Waals surface area contributed by atoms with E-state index in [9.17, 15) is 9.59 Å². The third-order valence-corrected chi connectivity index (χ3v) is 4.69. The number of carbonyl (C=O) groups excluding carboxylic acids is 2. The minimum atomic E-state index is -0.554. The van der Waals surface area contributed by atoms with Crippen LogP contribution in [0.1, 0.15) is 12.5 Å². The molecule has 0 bridgehead atoms. The Morgan fingerprint density at radius 2 is 2.39 bits per heavy atom. The van der Waals surface area contributed by atoms with Gasteiger partial charge in [-0.1, -0.05) is 6.58 Å². The zero-order valence-corrected chi connectivity index (χ0v) is 14.8. The van der Waals surface area contributed by atoms with Crippen LogP contribution in [0.5, 0.6) is 5.75 Å². The number of azide groups is 1. The van der Waals surface area contributed by atoms with E-state index in [0.29, 0.717) is 34.2 Å². The van der Waals surface area contributed by atoms with Crippen LogP contribution < -0.4 is 10.1 Å². The molecule has 0 radical (unpaired) electrons. The van der Waals surface area contributed by atoms with Crippen molar-refractivity contribution < 1.29 is 23.8 Å². The van der Waals surface area contributed by atoms with Crippen molar-refractivity contribution in [2.75, 3.05) is 5.32 Å². The molecule has 1 N–H and O–H groups in total. The molecule has 1 aromatic heterocycles. The largest absolute Gasteiger partial charge is 0.489 e. The molecule has 3 heterocycles. The van der Waals surface area contributed by atoms with Crippen LogP contribution in [0.4, 0.5) is 10.6 Å². The maximum Gasteiger partial charge on any atom is 0.413 e. The van der Waals surface area contributed by atoms with Gasteiger partial charge in [0, 0.05) is 17.0 Å². The molecule has 2 fully saturated rings. The maximum atomic E-state index is 11.6. The number of cyclic esters (lactones) is 1. The molecule has 1 aromatic rings. The average Bonchev–Trinajstić information content (AvgIpc) is 3.29. The predicted octanol–water partition coefficient (Wildman–Crippen LogP) is 3.35. The van der Waals surface area contributed by atoms with E-state index in [1.165, 1.54) is 6.20 Å². The molecule has 0 unspecified atom stereocenters. The Morgan fingerprint density at radius 3 is 3.11 bits per heavy atom. The third-order valence-electron chi connectivity index (χ3n) is 4.69. The molecule has 10 nitrogen and oxygen atoms in total. The number of carbonyl (C=O) groups is 2. The number of hydrogen-bond acceptors (Lipinski definition) is 6. The fraction of sp³-hybridized carbons (Fsp3) is 0.278. The first-order valence-corrected chi connectivity index (χ1v) is 8.42. The Labute approximate surface area is 159 Å². The maximum absolute atomic E-state index is 11.6. The lowest BCUT2D eigenvalue weighted by Crippen LogP contribution is -2.21. The van der Waals surface area contributed by atoms with Crippen LogP contribution in [0.2, 0.25) is 0 Å². The Balaban J connectivity index is 1.44. The molecule has 3 aliphatic rings. The number of fused-ring (bicyclic) bond motifs is 2. The first-order chi connectivity index (χ1) is 13.5. The van der Waals surface area contributed by atoms with Crippen LogP contribution in [0, 0.1) is 11.8 Å². The van der Waals surface area contributed by atoms with E-state index in [1.54, 1.807) is 25.1 Å². The van der Waals surface area contributed by atoms with E-state index < -0.39 is 17.9 Å². The van der Waals surface area contributed by atoms with Crippen LogP contribution in [-0.4, -0.2) is 23.1 Å². The molecule has 2 aliphatic heterocycles. The molecule has 1 saturated carbocycles. The van der Waals surface area contributed by atoms with E-state index in [1.807, 2.05) is 0 Å². The SMILES string of the molecule is C=C1/C(=C\C=C(/C)Oc2ccnc3c2COC(=O)N3)O[C@H]2[C@@H]1[C@@H]2C(=O)N=[N+]=[N-]. The highest BCUT2D eigenvalue weighted by Gasteiger charge is 2.62. The van der Waals surface area contributed by atoms with Crippen molar-refractivity contribution in [2.45, 2.75) is 19.6 Å². The summed E-state index contributed by atoms with van der Waals surface area (Å²) < 4.78 is 16.5. The lowest BCUT2D eigenvalue weighted by atomic mass is 10.1. The molecule has 28 heavy (non-hydrogen) atoms. The second kappa shape index (κ2) is 6.75. The van der Waals surface area contributed by atoms with Crippen molar-refractivity contribution in [3.63, 3.8) is 0 Å². The fourth-order valence-corrected chi connectivity index (χ4v) is 3.27. The van der Waals surface area contributed by atoms with Gasteiger partial charge < -0.3 is 14.2 Å². The van der Waals surface area contributed by atoms with Crippen LogP contribution >= 0.6 is 0 Å². The minimum Gasteiger partial charge on any atom is -0.489 e. The fourth-order valence-electron chi connectivity index (χ4n) is 3.27. The van der Waals surface area contributed by atoms with Gasteiger partial charge in [0.25, 0.3) is 0 Å². The third kappa shape index (κ3) is 3.06.